The number of aryl methyl sites for hydroxylation is 1. The summed E-state index contributed by atoms with van der Waals surface area (Å²) in [5, 5.41) is 5.04. The highest BCUT2D eigenvalue weighted by atomic mass is 15.1. The van der Waals surface area contributed by atoms with Gasteiger partial charge in [0.25, 0.3) is 0 Å². The van der Waals surface area contributed by atoms with E-state index >= 15 is 0 Å². The molecule has 1 aliphatic rings. The van der Waals surface area contributed by atoms with Crippen molar-refractivity contribution >= 4 is 67.8 Å². The molecule has 1 aliphatic heterocycles. The van der Waals surface area contributed by atoms with E-state index in [1.807, 2.05) is 0 Å². The van der Waals surface area contributed by atoms with Crippen LogP contribution in [0.15, 0.2) is 170 Å². The van der Waals surface area contributed by atoms with Gasteiger partial charge >= 0.3 is 0 Å². The number of hydrogen-bond donors (Lipinski definition) is 1. The Balaban J connectivity index is 1.19. The lowest BCUT2D eigenvalue weighted by Gasteiger charge is -2.35. The largest absolute Gasteiger partial charge is 0.354 e. The number of hydrogen-bond acceptors (Lipinski definition) is 1. The molecular weight excluding hydrogens is 603 g/mol. The number of nitrogens with one attached hydrogen (secondary N) is 1. The number of rotatable bonds is 4. The summed E-state index contributed by atoms with van der Waals surface area (Å²) in [6, 6.07) is 62.2. The minimum atomic E-state index is 0.847. The molecule has 0 amide bonds. The molecule has 0 bridgehead atoms. The fraction of sp³-hybridized carbons (Fsp3) is 0.0213. The first-order valence-electron chi connectivity index (χ1n) is 17.4. The first kappa shape index (κ1) is 28.7. The maximum absolute atomic E-state index is 3.86. The maximum Gasteiger partial charge on any atom is 0.198 e. The molecule has 0 spiro atoms. The minimum Gasteiger partial charge on any atom is -0.354 e. The van der Waals surface area contributed by atoms with E-state index in [1.165, 1.54) is 93.8 Å². The Morgan fingerprint density at radius 1 is 0.480 bits per heavy atom. The van der Waals surface area contributed by atoms with E-state index in [0.717, 1.165) is 13.0 Å². The highest BCUT2D eigenvalue weighted by Gasteiger charge is 2.29. The van der Waals surface area contributed by atoms with Gasteiger partial charge in [-0.25, -0.2) is 0 Å². The maximum atomic E-state index is 3.86. The number of nitrogens with zero attached hydrogens (tertiary/aromatic N) is 1. The van der Waals surface area contributed by atoms with Gasteiger partial charge in [0.15, 0.2) is 7.28 Å². The van der Waals surface area contributed by atoms with Crippen LogP contribution in [0.4, 0.5) is 17.1 Å². The van der Waals surface area contributed by atoms with Crippen molar-refractivity contribution < 1.29 is 0 Å². The highest BCUT2D eigenvalue weighted by molar-refractivity contribution is 6.73. The zero-order chi connectivity index (χ0) is 33.2. The molecule has 0 atom stereocenters. The van der Waals surface area contributed by atoms with Crippen molar-refractivity contribution in [3.05, 3.63) is 175 Å². The number of anilines is 3. The van der Waals surface area contributed by atoms with Crippen LogP contribution in [0.1, 0.15) is 5.56 Å². The zero-order valence-corrected chi connectivity index (χ0v) is 27.8. The van der Waals surface area contributed by atoms with Crippen LogP contribution in [0.5, 0.6) is 0 Å². The van der Waals surface area contributed by atoms with Gasteiger partial charge in [-0.2, -0.15) is 0 Å². The third-order valence-corrected chi connectivity index (χ3v) is 10.4. The van der Waals surface area contributed by atoms with Crippen molar-refractivity contribution in [3.8, 4) is 33.4 Å². The zero-order valence-electron chi connectivity index (χ0n) is 27.8. The Morgan fingerprint density at radius 3 is 1.90 bits per heavy atom. The lowest BCUT2D eigenvalue weighted by Crippen LogP contribution is -2.41. The van der Waals surface area contributed by atoms with E-state index in [4.69, 9.17) is 0 Å². The highest BCUT2D eigenvalue weighted by Crippen LogP contribution is 2.41. The van der Waals surface area contributed by atoms with Gasteiger partial charge < -0.3 is 9.88 Å². The fourth-order valence-electron chi connectivity index (χ4n) is 8.05. The van der Waals surface area contributed by atoms with Crippen LogP contribution in [0.3, 0.4) is 0 Å². The van der Waals surface area contributed by atoms with E-state index in [0.29, 0.717) is 0 Å². The average Bonchev–Trinajstić information content (AvgIpc) is 3.54. The number of fused-ring (bicyclic) bond motifs is 6. The first-order valence-corrected chi connectivity index (χ1v) is 17.4. The molecule has 9 aromatic rings. The summed E-state index contributed by atoms with van der Waals surface area (Å²) < 4.78 is 0. The fourth-order valence-corrected chi connectivity index (χ4v) is 8.05. The van der Waals surface area contributed by atoms with E-state index in [2.05, 4.69) is 187 Å². The van der Waals surface area contributed by atoms with Gasteiger partial charge in [-0.15, -0.1) is 0 Å². The minimum absolute atomic E-state index is 0.847. The predicted molar refractivity (Wildman–Crippen MR) is 215 cm³/mol. The summed E-state index contributed by atoms with van der Waals surface area (Å²) in [6.07, 6.45) is 0. The molecule has 3 heteroatoms. The lowest BCUT2D eigenvalue weighted by atomic mass is 9.57. The van der Waals surface area contributed by atoms with Crippen molar-refractivity contribution in [3.63, 3.8) is 0 Å². The molecule has 0 fully saturated rings. The van der Waals surface area contributed by atoms with Gasteiger partial charge in [0.2, 0.25) is 0 Å². The van der Waals surface area contributed by atoms with Crippen molar-refractivity contribution in [1.82, 2.24) is 4.98 Å². The molecule has 0 aliphatic carbocycles. The quantitative estimate of drug-likeness (QED) is 0.191. The molecule has 1 aromatic heterocycles. The van der Waals surface area contributed by atoms with Gasteiger partial charge in [-0.1, -0.05) is 139 Å². The second kappa shape index (κ2) is 11.4. The van der Waals surface area contributed by atoms with Crippen LogP contribution in [0.2, 0.25) is 0 Å². The summed E-state index contributed by atoms with van der Waals surface area (Å²) in [7, 11) is 0.847. The SMILES string of the molecule is Cc1cc(-c2cccc3c2[nH]c2cc4ccccc4cc23)c2c(c1)N(c1ccc(-c3ccccc3)cc1)c1ccc(-c3ccccc3)cc1B2. The molecule has 10 rings (SSSR count). The van der Waals surface area contributed by atoms with Gasteiger partial charge in [-0.05, 0) is 92.9 Å². The van der Waals surface area contributed by atoms with E-state index in [-0.39, 0.29) is 0 Å². The molecule has 0 saturated carbocycles. The molecule has 0 unspecified atom stereocenters. The molecule has 2 nitrogen and oxygen atoms in total. The summed E-state index contributed by atoms with van der Waals surface area (Å²) in [5.41, 5.74) is 17.3. The Labute approximate surface area is 292 Å². The number of H-pyrrole nitrogens is 1. The Bertz CT molecular complexity index is 2730. The molecule has 8 aromatic carbocycles. The summed E-state index contributed by atoms with van der Waals surface area (Å²) in [5.74, 6) is 0. The van der Waals surface area contributed by atoms with Crippen LogP contribution >= 0.6 is 0 Å². The number of aromatic amines is 1. The number of benzene rings is 8. The van der Waals surface area contributed by atoms with E-state index < -0.39 is 0 Å². The van der Waals surface area contributed by atoms with Crippen LogP contribution in [-0.2, 0) is 0 Å². The molecular formula is C47H33BN2. The topological polar surface area (TPSA) is 19.0 Å². The third kappa shape index (κ3) is 4.66. The summed E-state index contributed by atoms with van der Waals surface area (Å²) >= 11 is 0. The van der Waals surface area contributed by atoms with Crippen molar-refractivity contribution in [2.75, 3.05) is 4.90 Å². The average molecular weight is 637 g/mol. The molecule has 50 heavy (non-hydrogen) atoms. The molecule has 0 saturated heterocycles. The molecule has 2 heterocycles. The van der Waals surface area contributed by atoms with E-state index in [9.17, 15) is 0 Å². The van der Waals surface area contributed by atoms with Crippen LogP contribution in [0, 0.1) is 6.92 Å². The third-order valence-electron chi connectivity index (χ3n) is 10.4. The van der Waals surface area contributed by atoms with Gasteiger partial charge in [0, 0.05) is 38.9 Å². The lowest BCUT2D eigenvalue weighted by molar-refractivity contribution is 1.28. The Kier molecular flexibility index (Phi) is 6.53. The smallest absolute Gasteiger partial charge is 0.198 e. The predicted octanol–water partition coefficient (Wildman–Crippen LogP) is 11.0. The Hall–Kier alpha value is -6.32. The van der Waals surface area contributed by atoms with Crippen LogP contribution < -0.4 is 15.8 Å². The van der Waals surface area contributed by atoms with Crippen molar-refractivity contribution in [1.29, 1.82) is 0 Å². The monoisotopic (exact) mass is 636 g/mol. The standard InChI is InChI=1S/C47H33BN2/c1-30-25-41(39-18-10-17-38-40-27-34-15-8-9-16-35(34)29-43(40)49-47(38)39)46-45(26-30)50(37-22-19-33(20-23-37)31-11-4-2-5-12-31)44-24-21-36(28-42(44)48-46)32-13-6-3-7-14-32/h2-29,48-49H,1H3. The number of para-hydroxylation sites is 1. The normalized spacial score (nSPS) is 12.2. The Morgan fingerprint density at radius 2 is 1.14 bits per heavy atom. The number of aromatic nitrogens is 1. The molecule has 1 N–H and O–H groups in total. The van der Waals surface area contributed by atoms with Gasteiger partial charge in [-0.3, -0.25) is 0 Å². The molecule has 0 radical (unpaired) electrons. The van der Waals surface area contributed by atoms with E-state index in [1.54, 1.807) is 0 Å². The van der Waals surface area contributed by atoms with Crippen LogP contribution in [-0.4, -0.2) is 12.3 Å². The summed E-state index contributed by atoms with van der Waals surface area (Å²) in [6.45, 7) is 2.23. The first-order chi connectivity index (χ1) is 24.7. The van der Waals surface area contributed by atoms with Crippen molar-refractivity contribution in [2.45, 2.75) is 6.92 Å². The van der Waals surface area contributed by atoms with Crippen molar-refractivity contribution in [2.24, 2.45) is 0 Å². The van der Waals surface area contributed by atoms with Crippen LogP contribution in [0.25, 0.3) is 66.0 Å². The summed E-state index contributed by atoms with van der Waals surface area (Å²) in [4.78, 5) is 6.34. The molecule has 234 valence electrons. The van der Waals surface area contributed by atoms with Gasteiger partial charge in [0.05, 0.1) is 5.52 Å². The van der Waals surface area contributed by atoms with Gasteiger partial charge in [0.1, 0.15) is 0 Å². The second-order valence-electron chi connectivity index (χ2n) is 13.5. The second-order valence-corrected chi connectivity index (χ2v) is 13.5.